The first-order valence-electron chi connectivity index (χ1n) is 4.36. The van der Waals surface area contributed by atoms with Crippen molar-refractivity contribution < 1.29 is 19.4 Å². The van der Waals surface area contributed by atoms with Crippen LogP contribution >= 0.6 is 15.9 Å². The predicted molar refractivity (Wildman–Crippen MR) is 56.1 cm³/mol. The summed E-state index contributed by atoms with van der Waals surface area (Å²) in [4.78, 5) is 10.6. The molecule has 15 heavy (non-hydrogen) atoms. The normalized spacial score (nSPS) is 14.7. The molecule has 0 aliphatic carbocycles. The topological polar surface area (TPSA) is 82.7 Å². The van der Waals surface area contributed by atoms with Gasteiger partial charge in [-0.1, -0.05) is 0 Å². The lowest BCUT2D eigenvalue weighted by molar-refractivity contribution is -0.119. The van der Waals surface area contributed by atoms with Crippen LogP contribution in [0.1, 0.15) is 18.8 Å². The van der Waals surface area contributed by atoms with Gasteiger partial charge in [0.25, 0.3) is 0 Å². The molecule has 2 atom stereocenters. The molecule has 0 radical (unpaired) electrons. The first kappa shape index (κ1) is 12.2. The SMILES string of the molecule is CC(=O)NCC(O)C(O)c1occc1Br. The van der Waals surface area contributed by atoms with E-state index in [0.29, 0.717) is 4.47 Å². The van der Waals surface area contributed by atoms with Gasteiger partial charge in [-0.3, -0.25) is 4.79 Å². The molecule has 0 aliphatic rings. The molecule has 2 unspecified atom stereocenters. The predicted octanol–water partition coefficient (Wildman–Crippen LogP) is 0.572. The maximum absolute atomic E-state index is 10.6. The third kappa shape index (κ3) is 3.33. The Balaban J connectivity index is 2.57. The van der Waals surface area contributed by atoms with Crippen LogP contribution in [0.2, 0.25) is 0 Å². The number of aliphatic hydroxyl groups excluding tert-OH is 2. The van der Waals surface area contributed by atoms with Gasteiger partial charge in [0, 0.05) is 13.5 Å². The Labute approximate surface area is 95.2 Å². The van der Waals surface area contributed by atoms with Crippen molar-refractivity contribution in [3.63, 3.8) is 0 Å². The number of rotatable bonds is 4. The molecule has 5 nitrogen and oxygen atoms in total. The summed E-state index contributed by atoms with van der Waals surface area (Å²) in [6.07, 6.45) is -0.870. The Morgan fingerprint density at radius 1 is 1.67 bits per heavy atom. The molecule has 0 spiro atoms. The van der Waals surface area contributed by atoms with Crippen molar-refractivity contribution in [1.29, 1.82) is 0 Å². The van der Waals surface area contributed by atoms with Crippen LogP contribution < -0.4 is 5.32 Å². The molecule has 1 aromatic rings. The number of hydrogen-bond acceptors (Lipinski definition) is 4. The fraction of sp³-hybridized carbons (Fsp3) is 0.444. The highest BCUT2D eigenvalue weighted by Crippen LogP contribution is 2.26. The zero-order chi connectivity index (χ0) is 11.4. The Morgan fingerprint density at radius 2 is 2.33 bits per heavy atom. The molecule has 1 rings (SSSR count). The fourth-order valence-electron chi connectivity index (χ4n) is 1.05. The summed E-state index contributed by atoms with van der Waals surface area (Å²) in [7, 11) is 0. The first-order chi connectivity index (χ1) is 7.02. The lowest BCUT2D eigenvalue weighted by Crippen LogP contribution is -2.34. The first-order valence-corrected chi connectivity index (χ1v) is 5.15. The zero-order valence-electron chi connectivity index (χ0n) is 8.11. The van der Waals surface area contributed by atoms with Crippen LogP contribution in [0, 0.1) is 0 Å². The molecule has 1 aromatic heterocycles. The molecule has 0 fully saturated rings. The molecule has 0 bridgehead atoms. The van der Waals surface area contributed by atoms with Gasteiger partial charge in [0.15, 0.2) is 0 Å². The largest absolute Gasteiger partial charge is 0.465 e. The van der Waals surface area contributed by atoms with Crippen LogP contribution in [0.5, 0.6) is 0 Å². The van der Waals surface area contributed by atoms with Crippen molar-refractivity contribution in [2.24, 2.45) is 0 Å². The van der Waals surface area contributed by atoms with Crippen molar-refractivity contribution in [3.8, 4) is 0 Å². The van der Waals surface area contributed by atoms with Crippen LogP contribution in [-0.4, -0.2) is 28.8 Å². The van der Waals surface area contributed by atoms with Gasteiger partial charge in [-0.15, -0.1) is 0 Å². The third-order valence-corrected chi connectivity index (χ3v) is 2.49. The van der Waals surface area contributed by atoms with Gasteiger partial charge in [0.05, 0.1) is 10.7 Å². The van der Waals surface area contributed by atoms with E-state index in [4.69, 9.17) is 4.42 Å². The summed E-state index contributed by atoms with van der Waals surface area (Å²) < 4.78 is 5.56. The molecular weight excluding hydrogens is 266 g/mol. The number of nitrogens with one attached hydrogen (secondary N) is 1. The summed E-state index contributed by atoms with van der Waals surface area (Å²) in [6.45, 7) is 1.31. The smallest absolute Gasteiger partial charge is 0.216 e. The van der Waals surface area contributed by atoms with Gasteiger partial charge in [-0.2, -0.15) is 0 Å². The highest BCUT2D eigenvalue weighted by Gasteiger charge is 2.23. The van der Waals surface area contributed by atoms with E-state index >= 15 is 0 Å². The Kier molecular flexibility index (Phi) is 4.31. The quantitative estimate of drug-likeness (QED) is 0.752. The van der Waals surface area contributed by atoms with Crippen LogP contribution in [0.4, 0.5) is 0 Å². The maximum atomic E-state index is 10.6. The van der Waals surface area contributed by atoms with Crippen molar-refractivity contribution in [3.05, 3.63) is 22.6 Å². The lowest BCUT2D eigenvalue weighted by atomic mass is 10.1. The van der Waals surface area contributed by atoms with Crippen LogP contribution in [0.15, 0.2) is 21.2 Å². The number of carbonyl (C=O) groups is 1. The number of aliphatic hydroxyl groups is 2. The number of furan rings is 1. The molecule has 3 N–H and O–H groups in total. The van der Waals surface area contributed by atoms with Gasteiger partial charge >= 0.3 is 0 Å². The lowest BCUT2D eigenvalue weighted by Gasteiger charge is -2.16. The van der Waals surface area contributed by atoms with E-state index in [-0.39, 0.29) is 18.2 Å². The number of carbonyl (C=O) groups excluding carboxylic acids is 1. The van der Waals surface area contributed by atoms with E-state index in [1.165, 1.54) is 13.2 Å². The molecule has 0 aliphatic heterocycles. The Hall–Kier alpha value is -0.850. The molecular formula is C9H12BrNO4. The molecule has 6 heteroatoms. The minimum atomic E-state index is -1.17. The highest BCUT2D eigenvalue weighted by atomic mass is 79.9. The van der Waals surface area contributed by atoms with E-state index in [2.05, 4.69) is 21.2 Å². The standard InChI is InChI=1S/C9H12BrNO4/c1-5(12)11-4-7(13)8(14)9-6(10)2-3-15-9/h2-3,7-8,13-14H,4H2,1H3,(H,11,12). The average molecular weight is 278 g/mol. The van der Waals surface area contributed by atoms with Crippen molar-refractivity contribution in [2.45, 2.75) is 19.1 Å². The monoisotopic (exact) mass is 277 g/mol. The van der Waals surface area contributed by atoms with E-state index in [1.54, 1.807) is 6.07 Å². The molecule has 84 valence electrons. The summed E-state index contributed by atoms with van der Waals surface area (Å²) in [6, 6.07) is 1.61. The van der Waals surface area contributed by atoms with Gasteiger partial charge in [-0.25, -0.2) is 0 Å². The van der Waals surface area contributed by atoms with Gasteiger partial charge < -0.3 is 19.9 Å². The minimum Gasteiger partial charge on any atom is -0.465 e. The van der Waals surface area contributed by atoms with E-state index < -0.39 is 12.2 Å². The third-order valence-electron chi connectivity index (χ3n) is 1.84. The second-order valence-electron chi connectivity index (χ2n) is 3.08. The van der Waals surface area contributed by atoms with Gasteiger partial charge in [-0.05, 0) is 22.0 Å². The molecule has 1 amide bonds. The minimum absolute atomic E-state index is 0.0242. The molecule has 0 saturated heterocycles. The van der Waals surface area contributed by atoms with Crippen molar-refractivity contribution in [2.75, 3.05) is 6.54 Å². The second-order valence-corrected chi connectivity index (χ2v) is 3.94. The summed E-state index contributed by atoms with van der Waals surface area (Å²) in [5.74, 6) is -0.0207. The maximum Gasteiger partial charge on any atom is 0.216 e. The van der Waals surface area contributed by atoms with E-state index in [0.717, 1.165) is 0 Å². The average Bonchev–Trinajstić information content (AvgIpc) is 2.59. The van der Waals surface area contributed by atoms with Crippen LogP contribution in [-0.2, 0) is 4.79 Å². The summed E-state index contributed by atoms with van der Waals surface area (Å²) >= 11 is 3.16. The number of hydrogen-bond donors (Lipinski definition) is 3. The van der Waals surface area contributed by atoms with Crippen molar-refractivity contribution in [1.82, 2.24) is 5.32 Å². The number of halogens is 1. The summed E-state index contributed by atoms with van der Waals surface area (Å²) in [5.41, 5.74) is 0. The van der Waals surface area contributed by atoms with Crippen molar-refractivity contribution >= 4 is 21.8 Å². The second kappa shape index (κ2) is 5.29. The van der Waals surface area contributed by atoms with E-state index in [1.807, 2.05) is 0 Å². The Bertz CT molecular complexity index is 339. The molecule has 0 aromatic carbocycles. The van der Waals surface area contributed by atoms with Crippen LogP contribution in [0.3, 0.4) is 0 Å². The van der Waals surface area contributed by atoms with Gasteiger partial charge in [0.2, 0.25) is 5.91 Å². The molecule has 0 saturated carbocycles. The van der Waals surface area contributed by atoms with E-state index in [9.17, 15) is 15.0 Å². The van der Waals surface area contributed by atoms with Crippen LogP contribution in [0.25, 0.3) is 0 Å². The zero-order valence-corrected chi connectivity index (χ0v) is 9.69. The highest BCUT2D eigenvalue weighted by molar-refractivity contribution is 9.10. The fourth-order valence-corrected chi connectivity index (χ4v) is 1.49. The molecule has 1 heterocycles. The summed E-state index contributed by atoms with van der Waals surface area (Å²) in [5, 5.41) is 21.6. The Morgan fingerprint density at radius 3 is 2.80 bits per heavy atom. The van der Waals surface area contributed by atoms with Gasteiger partial charge in [0.1, 0.15) is 18.0 Å². The number of amides is 1.